The molecule has 12 nitrogen and oxygen atoms in total. The Kier molecular flexibility index (Phi) is 15.3. The van der Waals surface area contributed by atoms with E-state index in [-0.39, 0.29) is 19.6 Å². The molecule has 0 aromatic carbocycles. The van der Waals surface area contributed by atoms with Crippen molar-refractivity contribution in [1.82, 2.24) is 16.0 Å². The molecule has 0 saturated carbocycles. The average Bonchev–Trinajstić information content (AvgIpc) is 2.78. The quantitative estimate of drug-likeness (QED) is 0.129. The molecule has 0 rings (SSSR count). The third-order valence-electron chi connectivity index (χ3n) is 4.21. The number of esters is 2. The van der Waals surface area contributed by atoms with Crippen LogP contribution >= 0.6 is 0 Å². The van der Waals surface area contributed by atoms with Gasteiger partial charge in [-0.3, -0.25) is 4.79 Å². The van der Waals surface area contributed by atoms with E-state index in [0.29, 0.717) is 19.4 Å². The van der Waals surface area contributed by atoms with Crippen LogP contribution in [-0.2, 0) is 33.3 Å². The molecule has 3 N–H and O–H groups in total. The summed E-state index contributed by atoms with van der Waals surface area (Å²) in [6.07, 6.45) is 1.37. The first-order valence-electron chi connectivity index (χ1n) is 11.6. The van der Waals surface area contributed by atoms with Crippen molar-refractivity contribution in [3.63, 3.8) is 0 Å². The molecule has 3 amide bonds. The normalized spacial score (nSPS) is 13.1. The molecule has 204 valence electrons. The Labute approximate surface area is 212 Å². The van der Waals surface area contributed by atoms with Crippen molar-refractivity contribution in [2.45, 2.75) is 77.7 Å². The lowest BCUT2D eigenvalue weighted by Crippen LogP contribution is -2.52. The Morgan fingerprint density at radius 3 is 2.06 bits per heavy atom. The molecule has 12 heteroatoms. The molecule has 0 saturated heterocycles. The number of hydrogen-bond acceptors (Lipinski definition) is 9. The van der Waals surface area contributed by atoms with Crippen LogP contribution in [0.25, 0.3) is 0 Å². The number of carbonyl (C=O) groups excluding carboxylic acids is 5. The van der Waals surface area contributed by atoms with Crippen LogP contribution in [-0.4, -0.2) is 73.6 Å². The van der Waals surface area contributed by atoms with Crippen LogP contribution < -0.4 is 16.0 Å². The monoisotopic (exact) mass is 513 g/mol. The van der Waals surface area contributed by atoms with Crippen LogP contribution in [0.2, 0.25) is 0 Å². The molecule has 0 fully saturated rings. The fourth-order valence-electron chi connectivity index (χ4n) is 2.52. The van der Waals surface area contributed by atoms with E-state index < -0.39 is 53.8 Å². The SMILES string of the molecule is C=CCOC(=O)NCCCC[C@H](NC(=O)OC(C)(C)C)C(=O)N[C@H](C)C(=O)O[C@H](C)C(=O)OCC=C. The van der Waals surface area contributed by atoms with Crippen LogP contribution in [0.5, 0.6) is 0 Å². The summed E-state index contributed by atoms with van der Waals surface area (Å²) in [5.74, 6) is -2.26. The molecule has 0 heterocycles. The molecule has 0 bridgehead atoms. The van der Waals surface area contributed by atoms with Gasteiger partial charge in [0.1, 0.15) is 30.9 Å². The predicted octanol–water partition coefficient (Wildman–Crippen LogP) is 2.13. The number of carbonyl (C=O) groups is 5. The van der Waals surface area contributed by atoms with Crippen LogP contribution in [0, 0.1) is 0 Å². The topological polar surface area (TPSA) is 158 Å². The zero-order valence-corrected chi connectivity index (χ0v) is 21.7. The lowest BCUT2D eigenvalue weighted by Gasteiger charge is -2.24. The summed E-state index contributed by atoms with van der Waals surface area (Å²) < 4.78 is 19.9. The molecule has 0 aromatic rings. The van der Waals surface area contributed by atoms with E-state index in [1.165, 1.54) is 26.0 Å². The lowest BCUT2D eigenvalue weighted by atomic mass is 10.1. The molecule has 3 atom stereocenters. The van der Waals surface area contributed by atoms with Crippen molar-refractivity contribution in [2.75, 3.05) is 19.8 Å². The van der Waals surface area contributed by atoms with Crippen molar-refractivity contribution >= 4 is 30.0 Å². The summed E-state index contributed by atoms with van der Waals surface area (Å²) in [6.45, 7) is 15.0. The van der Waals surface area contributed by atoms with Gasteiger partial charge in [0.15, 0.2) is 6.10 Å². The smallest absolute Gasteiger partial charge is 0.408 e. The number of hydrogen-bond donors (Lipinski definition) is 3. The molecular formula is C24H39N3O9. The number of ether oxygens (including phenoxy) is 4. The zero-order chi connectivity index (χ0) is 27.7. The standard InChI is InChI=1S/C24H39N3O9/c1-8-14-33-21(30)17(4)35-20(29)16(3)26-19(28)18(27-23(32)36-24(5,6)7)12-10-11-13-25-22(31)34-15-9-2/h8-9,16-18H,1-2,10-15H2,3-7H3,(H,25,31)(H,26,28)(H,27,32)/t16-,17-,18+/m1/s1. The molecule has 0 unspecified atom stereocenters. The summed E-state index contributed by atoms with van der Waals surface area (Å²) in [6, 6.07) is -2.14. The van der Waals surface area contributed by atoms with Gasteiger partial charge in [0.05, 0.1) is 0 Å². The maximum Gasteiger partial charge on any atom is 0.408 e. The lowest BCUT2D eigenvalue weighted by molar-refractivity contribution is -0.167. The average molecular weight is 514 g/mol. The summed E-state index contributed by atoms with van der Waals surface area (Å²) in [5, 5.41) is 7.52. The van der Waals surface area contributed by atoms with Crippen molar-refractivity contribution in [3.05, 3.63) is 25.3 Å². The van der Waals surface area contributed by atoms with Crippen molar-refractivity contribution < 1.29 is 42.9 Å². The van der Waals surface area contributed by atoms with Crippen molar-refractivity contribution in [2.24, 2.45) is 0 Å². The van der Waals surface area contributed by atoms with Crippen LogP contribution in [0.1, 0.15) is 53.9 Å². The second kappa shape index (κ2) is 17.0. The molecule has 0 radical (unpaired) electrons. The highest BCUT2D eigenvalue weighted by Crippen LogP contribution is 2.09. The highest BCUT2D eigenvalue weighted by molar-refractivity contribution is 5.90. The van der Waals surface area contributed by atoms with E-state index in [1.807, 2.05) is 0 Å². The first kappa shape index (κ1) is 32.4. The van der Waals surface area contributed by atoms with E-state index in [2.05, 4.69) is 29.1 Å². The molecular weight excluding hydrogens is 474 g/mol. The van der Waals surface area contributed by atoms with E-state index in [4.69, 9.17) is 18.9 Å². The van der Waals surface area contributed by atoms with Crippen LogP contribution in [0.3, 0.4) is 0 Å². The minimum atomic E-state index is -1.18. The van der Waals surface area contributed by atoms with Gasteiger partial charge in [-0.05, 0) is 53.9 Å². The molecule has 0 aliphatic carbocycles. The highest BCUT2D eigenvalue weighted by atomic mass is 16.6. The Bertz CT molecular complexity index is 777. The number of nitrogens with one attached hydrogen (secondary N) is 3. The molecule has 0 aliphatic heterocycles. The first-order valence-corrected chi connectivity index (χ1v) is 11.6. The van der Waals surface area contributed by atoms with Crippen LogP contribution in [0.4, 0.5) is 9.59 Å². The van der Waals surface area contributed by atoms with E-state index in [9.17, 15) is 24.0 Å². The highest BCUT2D eigenvalue weighted by Gasteiger charge is 2.28. The fourth-order valence-corrected chi connectivity index (χ4v) is 2.52. The Hall–Kier alpha value is -3.57. The predicted molar refractivity (Wildman–Crippen MR) is 131 cm³/mol. The van der Waals surface area contributed by atoms with E-state index in [1.54, 1.807) is 20.8 Å². The molecule has 36 heavy (non-hydrogen) atoms. The molecule has 0 aliphatic rings. The second-order valence-corrected chi connectivity index (χ2v) is 8.74. The van der Waals surface area contributed by atoms with Gasteiger partial charge in [-0.1, -0.05) is 25.3 Å². The van der Waals surface area contributed by atoms with Gasteiger partial charge in [0.25, 0.3) is 0 Å². The van der Waals surface area contributed by atoms with E-state index >= 15 is 0 Å². The summed E-state index contributed by atoms with van der Waals surface area (Å²) in [7, 11) is 0. The summed E-state index contributed by atoms with van der Waals surface area (Å²) in [4.78, 5) is 60.6. The maximum atomic E-state index is 12.8. The fraction of sp³-hybridized carbons (Fsp3) is 0.625. The van der Waals surface area contributed by atoms with Crippen molar-refractivity contribution in [1.29, 1.82) is 0 Å². The third kappa shape index (κ3) is 15.4. The number of rotatable bonds is 15. The Balaban J connectivity index is 4.95. The Morgan fingerprint density at radius 1 is 0.861 bits per heavy atom. The zero-order valence-electron chi connectivity index (χ0n) is 21.7. The van der Waals surface area contributed by atoms with Crippen LogP contribution in [0.15, 0.2) is 25.3 Å². The van der Waals surface area contributed by atoms with Crippen molar-refractivity contribution in [3.8, 4) is 0 Å². The number of unbranched alkanes of at least 4 members (excludes halogenated alkanes) is 1. The number of amides is 3. The molecule has 0 spiro atoms. The second-order valence-electron chi connectivity index (χ2n) is 8.74. The largest absolute Gasteiger partial charge is 0.459 e. The minimum Gasteiger partial charge on any atom is -0.459 e. The van der Waals surface area contributed by atoms with Gasteiger partial charge in [-0.25, -0.2) is 19.2 Å². The van der Waals surface area contributed by atoms with Gasteiger partial charge >= 0.3 is 24.1 Å². The summed E-state index contributed by atoms with van der Waals surface area (Å²) >= 11 is 0. The van der Waals surface area contributed by atoms with Gasteiger partial charge in [-0.2, -0.15) is 0 Å². The first-order chi connectivity index (χ1) is 16.8. The minimum absolute atomic E-state index is 0.0312. The van der Waals surface area contributed by atoms with Gasteiger partial charge in [0.2, 0.25) is 5.91 Å². The number of alkyl carbamates (subject to hydrolysis) is 2. The maximum absolute atomic E-state index is 12.8. The summed E-state index contributed by atoms with van der Waals surface area (Å²) in [5.41, 5.74) is -0.783. The van der Waals surface area contributed by atoms with Gasteiger partial charge < -0.3 is 34.9 Å². The third-order valence-corrected chi connectivity index (χ3v) is 4.21. The Morgan fingerprint density at radius 2 is 1.47 bits per heavy atom. The van der Waals surface area contributed by atoms with Gasteiger partial charge in [0, 0.05) is 6.54 Å². The van der Waals surface area contributed by atoms with E-state index in [0.717, 1.165) is 0 Å². The van der Waals surface area contributed by atoms with Gasteiger partial charge in [-0.15, -0.1) is 0 Å². The molecule has 0 aromatic heterocycles.